The third-order valence-corrected chi connectivity index (χ3v) is 6.40. The van der Waals surface area contributed by atoms with Crippen molar-refractivity contribution in [2.45, 2.75) is 11.8 Å². The van der Waals surface area contributed by atoms with Gasteiger partial charge in [-0.3, -0.25) is 0 Å². The number of carbonyl (C=O) groups excluding carboxylic acids is 1. The first-order valence-electron chi connectivity index (χ1n) is 8.67. The molecule has 1 aliphatic heterocycles. The zero-order valence-corrected chi connectivity index (χ0v) is 16.1. The van der Waals surface area contributed by atoms with E-state index in [9.17, 15) is 17.6 Å². The zero-order chi connectivity index (χ0) is 19.6. The molecule has 0 unspecified atom stereocenters. The van der Waals surface area contributed by atoms with E-state index in [1.807, 2.05) is 4.90 Å². The average molecular weight is 395 g/mol. The third kappa shape index (κ3) is 3.84. The minimum Gasteiger partial charge on any atom is -0.461 e. The minimum atomic E-state index is -3.74. The molecule has 2 aromatic rings. The van der Waals surface area contributed by atoms with Gasteiger partial charge in [-0.25, -0.2) is 17.6 Å². The maximum atomic E-state index is 13.9. The van der Waals surface area contributed by atoms with E-state index in [2.05, 4.69) is 0 Å². The maximum Gasteiger partial charge on any atom is 0.354 e. The molecule has 0 amide bonds. The number of aromatic nitrogens is 1. The number of nitrogens with zero attached hydrogens (tertiary/aromatic N) is 3. The summed E-state index contributed by atoms with van der Waals surface area (Å²) in [5.41, 5.74) is 0.652. The Labute approximate surface area is 158 Å². The highest BCUT2D eigenvalue weighted by molar-refractivity contribution is 7.89. The van der Waals surface area contributed by atoms with Crippen molar-refractivity contribution in [3.8, 4) is 0 Å². The van der Waals surface area contributed by atoms with Crippen LogP contribution in [0.1, 0.15) is 17.4 Å². The van der Waals surface area contributed by atoms with Crippen LogP contribution in [0.4, 0.5) is 10.1 Å². The highest BCUT2D eigenvalue weighted by Crippen LogP contribution is 2.24. The van der Waals surface area contributed by atoms with Crippen LogP contribution < -0.4 is 4.90 Å². The van der Waals surface area contributed by atoms with Gasteiger partial charge in [0.25, 0.3) is 0 Å². The molecule has 0 radical (unpaired) electrons. The molecule has 1 fully saturated rings. The molecule has 7 nitrogen and oxygen atoms in total. The van der Waals surface area contributed by atoms with E-state index < -0.39 is 16.0 Å². The molecule has 3 rings (SSSR count). The van der Waals surface area contributed by atoms with E-state index in [-0.39, 0.29) is 36.1 Å². The Balaban J connectivity index is 1.75. The number of ether oxygens (including phenoxy) is 1. The number of sulfonamides is 1. The van der Waals surface area contributed by atoms with Gasteiger partial charge in [0.05, 0.1) is 12.3 Å². The van der Waals surface area contributed by atoms with Crippen LogP contribution in [0, 0.1) is 5.82 Å². The van der Waals surface area contributed by atoms with E-state index in [1.54, 1.807) is 32.2 Å². The number of para-hydroxylation sites is 1. The van der Waals surface area contributed by atoms with Crippen LogP contribution in [0.15, 0.2) is 41.4 Å². The molecule has 0 bridgehead atoms. The molecule has 27 heavy (non-hydrogen) atoms. The SMILES string of the molecule is CCOC(=O)c1cc(S(=O)(=O)N2CCN(c3ccccc3F)CC2)cn1C. The number of aryl methyl sites for hydroxylation is 1. The van der Waals surface area contributed by atoms with Crippen molar-refractivity contribution < 1.29 is 22.3 Å². The Morgan fingerprint density at radius 1 is 1.19 bits per heavy atom. The van der Waals surface area contributed by atoms with E-state index in [0.29, 0.717) is 18.8 Å². The number of halogens is 1. The molecule has 0 N–H and O–H groups in total. The molecule has 9 heteroatoms. The second kappa shape index (κ2) is 7.69. The maximum absolute atomic E-state index is 13.9. The standard InChI is InChI=1S/C18H22FN3O4S/c1-3-26-18(23)17-12-14(13-20(17)2)27(24,25)22-10-8-21(9-11-22)16-7-5-4-6-15(16)19/h4-7,12-13H,3,8-11H2,1-2H3. The molecule has 146 valence electrons. The van der Waals surface area contributed by atoms with E-state index in [1.165, 1.54) is 27.2 Å². The van der Waals surface area contributed by atoms with Crippen LogP contribution in [0.25, 0.3) is 0 Å². The van der Waals surface area contributed by atoms with Crippen LogP contribution in [-0.2, 0) is 21.8 Å². The van der Waals surface area contributed by atoms with Crippen LogP contribution in [0.5, 0.6) is 0 Å². The molecule has 1 aromatic heterocycles. The Bertz CT molecular complexity index is 934. The number of hydrogen-bond acceptors (Lipinski definition) is 5. The second-order valence-electron chi connectivity index (χ2n) is 6.23. The van der Waals surface area contributed by atoms with Crippen molar-refractivity contribution in [3.05, 3.63) is 48.0 Å². The summed E-state index contributed by atoms with van der Waals surface area (Å²) in [4.78, 5) is 13.8. The van der Waals surface area contributed by atoms with E-state index >= 15 is 0 Å². The Kier molecular flexibility index (Phi) is 5.52. The fourth-order valence-corrected chi connectivity index (χ4v) is 4.60. The summed E-state index contributed by atoms with van der Waals surface area (Å²) < 4.78 is 47.5. The van der Waals surface area contributed by atoms with Crippen LogP contribution in [0.3, 0.4) is 0 Å². The van der Waals surface area contributed by atoms with Gasteiger partial charge in [-0.2, -0.15) is 4.31 Å². The molecule has 2 heterocycles. The Morgan fingerprint density at radius 3 is 2.48 bits per heavy atom. The third-order valence-electron chi connectivity index (χ3n) is 4.53. The molecule has 1 aliphatic rings. The topological polar surface area (TPSA) is 71.8 Å². The summed E-state index contributed by atoms with van der Waals surface area (Å²) in [6.45, 7) is 3.15. The van der Waals surface area contributed by atoms with Crippen molar-refractivity contribution >= 4 is 21.7 Å². The minimum absolute atomic E-state index is 0.0485. The lowest BCUT2D eigenvalue weighted by molar-refractivity contribution is 0.0515. The fourth-order valence-electron chi connectivity index (χ4n) is 3.11. The van der Waals surface area contributed by atoms with Gasteiger partial charge < -0.3 is 14.2 Å². The quantitative estimate of drug-likeness (QED) is 0.723. The zero-order valence-electron chi connectivity index (χ0n) is 15.3. The number of piperazine rings is 1. The molecule has 1 saturated heterocycles. The highest BCUT2D eigenvalue weighted by atomic mass is 32.2. The molecule has 0 saturated carbocycles. The summed E-state index contributed by atoms with van der Waals surface area (Å²) in [6, 6.07) is 7.77. The van der Waals surface area contributed by atoms with Crippen LogP contribution >= 0.6 is 0 Å². The largest absolute Gasteiger partial charge is 0.461 e. The average Bonchev–Trinajstić information content (AvgIpc) is 3.05. The number of rotatable bonds is 5. The molecule has 0 aliphatic carbocycles. The summed E-state index contributed by atoms with van der Waals surface area (Å²) in [6.07, 6.45) is 1.41. The van der Waals surface area contributed by atoms with E-state index in [0.717, 1.165) is 0 Å². The van der Waals surface area contributed by atoms with Crippen molar-refractivity contribution in [2.75, 3.05) is 37.7 Å². The normalized spacial score (nSPS) is 15.7. The monoisotopic (exact) mass is 395 g/mol. The Hall–Kier alpha value is -2.39. The summed E-state index contributed by atoms with van der Waals surface area (Å²) >= 11 is 0. The molecule has 1 aromatic carbocycles. The summed E-state index contributed by atoms with van der Waals surface area (Å²) in [5, 5.41) is 0. The lowest BCUT2D eigenvalue weighted by atomic mass is 10.2. The van der Waals surface area contributed by atoms with Gasteiger partial charge in [0.15, 0.2) is 0 Å². The van der Waals surface area contributed by atoms with Crippen molar-refractivity contribution in [2.24, 2.45) is 7.05 Å². The molecular weight excluding hydrogens is 373 g/mol. The van der Waals surface area contributed by atoms with Crippen LogP contribution in [0.2, 0.25) is 0 Å². The number of benzene rings is 1. The first-order chi connectivity index (χ1) is 12.8. The highest BCUT2D eigenvalue weighted by Gasteiger charge is 2.31. The number of hydrogen-bond donors (Lipinski definition) is 0. The Morgan fingerprint density at radius 2 is 1.85 bits per heavy atom. The summed E-state index contributed by atoms with van der Waals surface area (Å²) in [5.74, 6) is -0.887. The lowest BCUT2D eigenvalue weighted by Gasteiger charge is -2.35. The van der Waals surface area contributed by atoms with Crippen LogP contribution in [-0.4, -0.2) is 56.0 Å². The van der Waals surface area contributed by atoms with Gasteiger partial charge in [0.2, 0.25) is 10.0 Å². The fraction of sp³-hybridized carbons (Fsp3) is 0.389. The van der Waals surface area contributed by atoms with Gasteiger partial charge in [-0.1, -0.05) is 12.1 Å². The van der Waals surface area contributed by atoms with Gasteiger partial charge in [-0.05, 0) is 25.1 Å². The predicted octanol–water partition coefficient (Wildman–Crippen LogP) is 1.85. The first kappa shape index (κ1) is 19.4. The number of esters is 1. The van der Waals surface area contributed by atoms with Gasteiger partial charge in [0.1, 0.15) is 16.4 Å². The summed E-state index contributed by atoms with van der Waals surface area (Å²) in [7, 11) is -2.14. The number of carbonyl (C=O) groups is 1. The lowest BCUT2D eigenvalue weighted by Crippen LogP contribution is -2.48. The van der Waals surface area contributed by atoms with Crippen molar-refractivity contribution in [1.82, 2.24) is 8.87 Å². The van der Waals surface area contributed by atoms with Crippen molar-refractivity contribution in [1.29, 1.82) is 0 Å². The first-order valence-corrected chi connectivity index (χ1v) is 10.1. The molecule has 0 spiro atoms. The number of anilines is 1. The van der Waals surface area contributed by atoms with Gasteiger partial charge in [0, 0.05) is 39.4 Å². The smallest absolute Gasteiger partial charge is 0.354 e. The van der Waals surface area contributed by atoms with Gasteiger partial charge in [-0.15, -0.1) is 0 Å². The molecular formula is C18H22FN3O4S. The van der Waals surface area contributed by atoms with E-state index in [4.69, 9.17) is 4.74 Å². The molecule has 0 atom stereocenters. The second-order valence-corrected chi connectivity index (χ2v) is 8.17. The van der Waals surface area contributed by atoms with Gasteiger partial charge >= 0.3 is 5.97 Å². The predicted molar refractivity (Wildman–Crippen MR) is 98.7 cm³/mol. The van der Waals surface area contributed by atoms with Crippen molar-refractivity contribution in [3.63, 3.8) is 0 Å².